The van der Waals surface area contributed by atoms with E-state index in [4.69, 9.17) is 0 Å². The third kappa shape index (κ3) is 1.34. The Hall–Kier alpha value is -1.84. The number of imide groups is 1. The third-order valence-corrected chi connectivity index (χ3v) is 5.02. The topological polar surface area (TPSA) is 57.6 Å². The quantitative estimate of drug-likeness (QED) is 0.782. The number of aromatic hydroxyl groups is 1. The van der Waals surface area contributed by atoms with Crippen molar-refractivity contribution < 1.29 is 14.7 Å². The maximum absolute atomic E-state index is 12.5. The molecule has 4 rings (SSSR count). The van der Waals surface area contributed by atoms with Crippen molar-refractivity contribution >= 4 is 17.5 Å². The maximum Gasteiger partial charge on any atom is 0.237 e. The third-order valence-electron chi connectivity index (χ3n) is 5.02. The lowest BCUT2D eigenvalue weighted by molar-refractivity contribution is -0.123. The number of phenolic OH excluding ortho intramolecular Hbond substituents is 1. The lowest BCUT2D eigenvalue weighted by Gasteiger charge is -2.19. The van der Waals surface area contributed by atoms with Gasteiger partial charge in [0.1, 0.15) is 5.75 Å². The molecule has 4 atom stereocenters. The summed E-state index contributed by atoms with van der Waals surface area (Å²) >= 11 is 0. The monoisotopic (exact) mass is 257 g/mol. The van der Waals surface area contributed by atoms with Crippen molar-refractivity contribution in [1.82, 2.24) is 0 Å². The second-order valence-corrected chi connectivity index (χ2v) is 5.92. The number of amides is 2. The second-order valence-electron chi connectivity index (χ2n) is 5.92. The van der Waals surface area contributed by atoms with E-state index in [1.807, 2.05) is 0 Å². The van der Waals surface area contributed by atoms with Crippen molar-refractivity contribution in [3.8, 4) is 5.75 Å². The van der Waals surface area contributed by atoms with Crippen LogP contribution in [0.1, 0.15) is 19.3 Å². The fraction of sp³-hybridized carbons (Fsp3) is 0.467. The van der Waals surface area contributed by atoms with Gasteiger partial charge in [0, 0.05) is 6.07 Å². The number of benzene rings is 1. The van der Waals surface area contributed by atoms with Gasteiger partial charge in [0.2, 0.25) is 11.8 Å². The summed E-state index contributed by atoms with van der Waals surface area (Å²) in [6, 6.07) is 6.39. The van der Waals surface area contributed by atoms with Crippen LogP contribution in [-0.4, -0.2) is 16.9 Å². The first kappa shape index (κ1) is 11.0. The van der Waals surface area contributed by atoms with E-state index in [1.165, 1.54) is 11.0 Å². The van der Waals surface area contributed by atoms with Gasteiger partial charge in [-0.15, -0.1) is 0 Å². The Morgan fingerprint density at radius 2 is 1.68 bits per heavy atom. The van der Waals surface area contributed by atoms with Gasteiger partial charge < -0.3 is 5.11 Å². The summed E-state index contributed by atoms with van der Waals surface area (Å²) in [5.74, 6) is 0.545. The van der Waals surface area contributed by atoms with Crippen molar-refractivity contribution in [3.05, 3.63) is 24.3 Å². The Morgan fingerprint density at radius 1 is 1.05 bits per heavy atom. The van der Waals surface area contributed by atoms with E-state index in [9.17, 15) is 14.7 Å². The van der Waals surface area contributed by atoms with Gasteiger partial charge in [0.25, 0.3) is 0 Å². The standard InChI is InChI=1S/C15H15NO3/c17-11-3-1-2-10(7-11)16-14(18)12-8-4-5-9(6-8)13(12)15(16)19/h1-3,7-9,12-13,17H,4-6H2/t8-,9-,12+,13+/m0/s1. The fourth-order valence-electron chi connectivity index (χ4n) is 4.30. The summed E-state index contributed by atoms with van der Waals surface area (Å²) in [7, 11) is 0. The predicted molar refractivity (Wildman–Crippen MR) is 68.4 cm³/mol. The van der Waals surface area contributed by atoms with Crippen LogP contribution in [0.2, 0.25) is 0 Å². The molecule has 0 aromatic heterocycles. The number of fused-ring (bicyclic) bond motifs is 5. The summed E-state index contributed by atoms with van der Waals surface area (Å²) < 4.78 is 0. The highest BCUT2D eigenvalue weighted by atomic mass is 16.3. The van der Waals surface area contributed by atoms with Crippen LogP contribution in [0.25, 0.3) is 0 Å². The number of hydrogen-bond acceptors (Lipinski definition) is 3. The Morgan fingerprint density at radius 3 is 2.26 bits per heavy atom. The zero-order valence-corrected chi connectivity index (χ0v) is 10.5. The van der Waals surface area contributed by atoms with E-state index < -0.39 is 0 Å². The Labute approximate surface area is 111 Å². The zero-order valence-electron chi connectivity index (χ0n) is 10.5. The Balaban J connectivity index is 1.75. The van der Waals surface area contributed by atoms with Crippen LogP contribution in [0.4, 0.5) is 5.69 Å². The molecule has 98 valence electrons. The van der Waals surface area contributed by atoms with Crippen LogP contribution in [-0.2, 0) is 9.59 Å². The summed E-state index contributed by atoms with van der Waals surface area (Å²) in [5.41, 5.74) is 0.504. The lowest BCUT2D eigenvalue weighted by Crippen LogP contribution is -2.32. The normalized spacial score (nSPS) is 36.1. The average Bonchev–Trinajstić information content (AvgIpc) is 3.04. The molecule has 2 saturated carbocycles. The summed E-state index contributed by atoms with van der Waals surface area (Å²) in [5, 5.41) is 9.52. The first-order valence-corrected chi connectivity index (χ1v) is 6.83. The van der Waals surface area contributed by atoms with E-state index >= 15 is 0 Å². The zero-order chi connectivity index (χ0) is 13.1. The molecular weight excluding hydrogens is 242 g/mol. The van der Waals surface area contributed by atoms with Crippen LogP contribution in [0.3, 0.4) is 0 Å². The number of hydrogen-bond donors (Lipinski definition) is 1. The van der Waals surface area contributed by atoms with Crippen molar-refractivity contribution in [2.45, 2.75) is 19.3 Å². The smallest absolute Gasteiger partial charge is 0.237 e. The van der Waals surface area contributed by atoms with Gasteiger partial charge in [-0.05, 0) is 43.2 Å². The predicted octanol–water partition coefficient (Wildman–Crippen LogP) is 1.93. The molecule has 0 radical (unpaired) electrons. The van der Waals surface area contributed by atoms with Crippen molar-refractivity contribution in [1.29, 1.82) is 0 Å². The number of nitrogens with zero attached hydrogens (tertiary/aromatic N) is 1. The van der Waals surface area contributed by atoms with E-state index in [1.54, 1.807) is 18.2 Å². The highest BCUT2D eigenvalue weighted by Crippen LogP contribution is 2.56. The molecule has 0 unspecified atom stereocenters. The first-order valence-electron chi connectivity index (χ1n) is 6.83. The molecule has 1 saturated heterocycles. The number of rotatable bonds is 1. The lowest BCUT2D eigenvalue weighted by atomic mass is 9.81. The van der Waals surface area contributed by atoms with Crippen molar-refractivity contribution in [2.24, 2.45) is 23.7 Å². The second kappa shape index (κ2) is 3.59. The molecule has 1 heterocycles. The summed E-state index contributed by atoms with van der Waals surface area (Å²) in [6.45, 7) is 0. The van der Waals surface area contributed by atoms with Gasteiger partial charge >= 0.3 is 0 Å². The molecule has 1 aromatic rings. The SMILES string of the molecule is O=C1[C@@H]2[C@H]3CC[C@@H](C3)[C@H]2C(=O)N1c1cccc(O)c1. The molecule has 3 fully saturated rings. The molecule has 2 aliphatic carbocycles. The van der Waals surface area contributed by atoms with Crippen molar-refractivity contribution in [2.75, 3.05) is 4.90 Å². The molecule has 0 spiro atoms. The summed E-state index contributed by atoms with van der Waals surface area (Å²) in [4.78, 5) is 26.3. The van der Waals surface area contributed by atoms with Crippen LogP contribution in [0, 0.1) is 23.7 Å². The molecule has 2 bridgehead atoms. The van der Waals surface area contributed by atoms with Gasteiger partial charge in [-0.3, -0.25) is 9.59 Å². The first-order chi connectivity index (χ1) is 9.16. The Kier molecular flexibility index (Phi) is 2.08. The van der Waals surface area contributed by atoms with Gasteiger partial charge in [-0.25, -0.2) is 4.90 Å². The van der Waals surface area contributed by atoms with Gasteiger partial charge in [0.05, 0.1) is 17.5 Å². The largest absolute Gasteiger partial charge is 0.508 e. The minimum Gasteiger partial charge on any atom is -0.508 e. The van der Waals surface area contributed by atoms with Crippen molar-refractivity contribution in [3.63, 3.8) is 0 Å². The highest BCUT2D eigenvalue weighted by molar-refractivity contribution is 6.22. The molecule has 1 aliphatic heterocycles. The van der Waals surface area contributed by atoms with Crippen LogP contribution in [0.5, 0.6) is 5.75 Å². The van der Waals surface area contributed by atoms with E-state index in [-0.39, 0.29) is 29.4 Å². The maximum atomic E-state index is 12.5. The van der Waals surface area contributed by atoms with E-state index in [0.29, 0.717) is 17.5 Å². The average molecular weight is 257 g/mol. The number of anilines is 1. The molecule has 1 aromatic carbocycles. The van der Waals surface area contributed by atoms with Gasteiger partial charge in [0.15, 0.2) is 0 Å². The van der Waals surface area contributed by atoms with Gasteiger partial charge in [-0.1, -0.05) is 6.07 Å². The van der Waals surface area contributed by atoms with E-state index in [2.05, 4.69) is 0 Å². The molecule has 1 N–H and O–H groups in total. The molecule has 19 heavy (non-hydrogen) atoms. The van der Waals surface area contributed by atoms with Crippen LogP contribution in [0.15, 0.2) is 24.3 Å². The van der Waals surface area contributed by atoms with E-state index in [0.717, 1.165) is 19.3 Å². The van der Waals surface area contributed by atoms with Crippen LogP contribution < -0.4 is 4.90 Å². The van der Waals surface area contributed by atoms with Crippen LogP contribution >= 0.6 is 0 Å². The minimum atomic E-state index is -0.103. The highest BCUT2D eigenvalue weighted by Gasteiger charge is 2.61. The fourth-order valence-corrected chi connectivity index (χ4v) is 4.30. The Bertz CT molecular complexity index is 555. The molecule has 4 nitrogen and oxygen atoms in total. The molecule has 2 amide bonds. The minimum absolute atomic E-state index is 0.0622. The summed E-state index contributed by atoms with van der Waals surface area (Å²) in [6.07, 6.45) is 3.21. The number of phenols is 1. The van der Waals surface area contributed by atoms with Gasteiger partial charge in [-0.2, -0.15) is 0 Å². The molecule has 3 aliphatic rings. The number of carbonyl (C=O) groups excluding carboxylic acids is 2. The molecular formula is C15H15NO3. The molecule has 4 heteroatoms. The number of carbonyl (C=O) groups is 2.